The Labute approximate surface area is 103 Å². The van der Waals surface area contributed by atoms with E-state index in [0.29, 0.717) is 6.04 Å². The van der Waals surface area contributed by atoms with Gasteiger partial charge < -0.3 is 4.90 Å². The first-order valence-electron chi connectivity index (χ1n) is 6.20. The predicted molar refractivity (Wildman–Crippen MR) is 68.6 cm³/mol. The molecule has 1 atom stereocenters. The molecule has 0 saturated carbocycles. The molecule has 0 aromatic heterocycles. The second kappa shape index (κ2) is 5.32. The van der Waals surface area contributed by atoms with Crippen molar-refractivity contribution in [1.29, 1.82) is 0 Å². The van der Waals surface area contributed by atoms with Crippen molar-refractivity contribution in [2.45, 2.75) is 26.4 Å². The van der Waals surface area contributed by atoms with Crippen LogP contribution in [-0.2, 0) is 11.3 Å². The van der Waals surface area contributed by atoms with Gasteiger partial charge in [0.05, 0.1) is 0 Å². The number of hydrogen-bond donors (Lipinski definition) is 0. The van der Waals surface area contributed by atoms with Crippen LogP contribution in [0.5, 0.6) is 0 Å². The Balaban J connectivity index is 1.92. The van der Waals surface area contributed by atoms with Gasteiger partial charge in [0.15, 0.2) is 0 Å². The van der Waals surface area contributed by atoms with E-state index in [1.807, 2.05) is 11.0 Å². The fourth-order valence-corrected chi connectivity index (χ4v) is 2.49. The van der Waals surface area contributed by atoms with Gasteiger partial charge in [0.2, 0.25) is 5.91 Å². The molecule has 2 rings (SSSR count). The van der Waals surface area contributed by atoms with E-state index in [9.17, 15) is 4.79 Å². The topological polar surface area (TPSA) is 23.6 Å². The Hall–Kier alpha value is -1.35. The van der Waals surface area contributed by atoms with E-state index in [2.05, 4.69) is 36.1 Å². The molecule has 1 aliphatic heterocycles. The number of hydrogen-bond acceptors (Lipinski definition) is 2. The maximum Gasteiger partial charge on any atom is 0.219 e. The Bertz CT molecular complexity index is 377. The van der Waals surface area contributed by atoms with Crippen LogP contribution in [-0.4, -0.2) is 41.4 Å². The van der Waals surface area contributed by atoms with Gasteiger partial charge in [0.25, 0.3) is 0 Å². The van der Waals surface area contributed by atoms with Crippen LogP contribution in [0, 0.1) is 0 Å². The van der Waals surface area contributed by atoms with Gasteiger partial charge >= 0.3 is 0 Å². The molecule has 0 N–H and O–H groups in total. The van der Waals surface area contributed by atoms with Gasteiger partial charge in [-0.25, -0.2) is 0 Å². The number of benzene rings is 1. The smallest absolute Gasteiger partial charge is 0.219 e. The summed E-state index contributed by atoms with van der Waals surface area (Å²) in [7, 11) is 0. The lowest BCUT2D eigenvalue weighted by atomic mass is 10.1. The third kappa shape index (κ3) is 3.07. The average Bonchev–Trinajstić information content (AvgIpc) is 2.30. The lowest BCUT2D eigenvalue weighted by Crippen LogP contribution is -2.52. The third-order valence-corrected chi connectivity index (χ3v) is 3.37. The Morgan fingerprint density at radius 3 is 2.59 bits per heavy atom. The number of carbonyl (C=O) groups is 1. The zero-order valence-electron chi connectivity index (χ0n) is 10.6. The Kier molecular flexibility index (Phi) is 3.79. The van der Waals surface area contributed by atoms with Crippen molar-refractivity contribution in [3.8, 4) is 0 Å². The molecule has 0 unspecified atom stereocenters. The van der Waals surface area contributed by atoms with Crippen molar-refractivity contribution in [2.75, 3.05) is 19.6 Å². The van der Waals surface area contributed by atoms with E-state index >= 15 is 0 Å². The van der Waals surface area contributed by atoms with Gasteiger partial charge in [-0.1, -0.05) is 30.3 Å². The third-order valence-electron chi connectivity index (χ3n) is 3.37. The number of amides is 1. The van der Waals surface area contributed by atoms with E-state index in [1.54, 1.807) is 6.92 Å². The first-order chi connectivity index (χ1) is 8.16. The van der Waals surface area contributed by atoms with E-state index in [0.717, 1.165) is 26.2 Å². The minimum Gasteiger partial charge on any atom is -0.338 e. The minimum absolute atomic E-state index is 0.192. The van der Waals surface area contributed by atoms with Crippen molar-refractivity contribution in [1.82, 2.24) is 9.80 Å². The quantitative estimate of drug-likeness (QED) is 0.775. The summed E-state index contributed by atoms with van der Waals surface area (Å²) in [4.78, 5) is 15.8. The molecule has 0 aliphatic carbocycles. The molecule has 1 fully saturated rings. The van der Waals surface area contributed by atoms with Crippen LogP contribution in [0.2, 0.25) is 0 Å². The molecule has 1 aliphatic rings. The molecular weight excluding hydrogens is 212 g/mol. The standard InChI is InChI=1S/C14H20N2O/c1-12-10-15(8-9-16(12)13(2)17)11-14-6-4-3-5-7-14/h3-7,12H,8-11H2,1-2H3/t12-/m0/s1. The van der Waals surface area contributed by atoms with Crippen LogP contribution < -0.4 is 0 Å². The monoisotopic (exact) mass is 232 g/mol. The number of carbonyl (C=O) groups excluding carboxylic acids is 1. The highest BCUT2D eigenvalue weighted by molar-refractivity contribution is 5.73. The van der Waals surface area contributed by atoms with Crippen LogP contribution >= 0.6 is 0 Å². The molecule has 0 spiro atoms. The van der Waals surface area contributed by atoms with Crippen LogP contribution in [0.3, 0.4) is 0 Å². The molecule has 1 aromatic carbocycles. The molecule has 1 heterocycles. The summed E-state index contributed by atoms with van der Waals surface area (Å²) in [6.07, 6.45) is 0. The minimum atomic E-state index is 0.192. The SMILES string of the molecule is CC(=O)N1CCN(Cc2ccccc2)C[C@@H]1C. The highest BCUT2D eigenvalue weighted by Gasteiger charge is 2.24. The van der Waals surface area contributed by atoms with E-state index in [1.165, 1.54) is 5.56 Å². The first kappa shape index (κ1) is 12.1. The molecule has 0 bridgehead atoms. The number of rotatable bonds is 2. The Morgan fingerprint density at radius 2 is 2.00 bits per heavy atom. The summed E-state index contributed by atoms with van der Waals surface area (Å²) in [5, 5.41) is 0. The van der Waals surface area contributed by atoms with Gasteiger partial charge in [-0.3, -0.25) is 9.69 Å². The zero-order chi connectivity index (χ0) is 12.3. The summed E-state index contributed by atoms with van der Waals surface area (Å²) >= 11 is 0. The van der Waals surface area contributed by atoms with Crippen molar-refractivity contribution in [3.63, 3.8) is 0 Å². The summed E-state index contributed by atoms with van der Waals surface area (Å²) in [6, 6.07) is 10.8. The molecule has 1 aromatic rings. The lowest BCUT2D eigenvalue weighted by Gasteiger charge is -2.39. The second-order valence-electron chi connectivity index (χ2n) is 4.78. The largest absolute Gasteiger partial charge is 0.338 e. The predicted octanol–water partition coefficient (Wildman–Crippen LogP) is 1.74. The van der Waals surface area contributed by atoms with E-state index in [-0.39, 0.29) is 5.91 Å². The van der Waals surface area contributed by atoms with Crippen molar-refractivity contribution in [2.24, 2.45) is 0 Å². The lowest BCUT2D eigenvalue weighted by molar-refractivity contribution is -0.133. The van der Waals surface area contributed by atoms with Gasteiger partial charge in [0, 0.05) is 39.1 Å². The van der Waals surface area contributed by atoms with Gasteiger partial charge in [-0.15, -0.1) is 0 Å². The summed E-state index contributed by atoms with van der Waals surface area (Å²) in [5.74, 6) is 0.192. The number of piperazine rings is 1. The normalized spacial score (nSPS) is 21.5. The maximum atomic E-state index is 11.4. The fraction of sp³-hybridized carbons (Fsp3) is 0.500. The van der Waals surface area contributed by atoms with E-state index in [4.69, 9.17) is 0 Å². The van der Waals surface area contributed by atoms with Crippen LogP contribution in [0.4, 0.5) is 0 Å². The van der Waals surface area contributed by atoms with Crippen LogP contribution in [0.25, 0.3) is 0 Å². The first-order valence-corrected chi connectivity index (χ1v) is 6.20. The van der Waals surface area contributed by atoms with Crippen LogP contribution in [0.15, 0.2) is 30.3 Å². The molecule has 17 heavy (non-hydrogen) atoms. The molecule has 3 heteroatoms. The molecule has 1 amide bonds. The van der Waals surface area contributed by atoms with Crippen molar-refractivity contribution >= 4 is 5.91 Å². The van der Waals surface area contributed by atoms with Crippen LogP contribution in [0.1, 0.15) is 19.4 Å². The van der Waals surface area contributed by atoms with Crippen molar-refractivity contribution in [3.05, 3.63) is 35.9 Å². The molecule has 92 valence electrons. The summed E-state index contributed by atoms with van der Waals surface area (Å²) in [5.41, 5.74) is 1.34. The summed E-state index contributed by atoms with van der Waals surface area (Å²) < 4.78 is 0. The van der Waals surface area contributed by atoms with Crippen molar-refractivity contribution < 1.29 is 4.79 Å². The van der Waals surface area contributed by atoms with Gasteiger partial charge in [-0.2, -0.15) is 0 Å². The molecular formula is C14H20N2O. The number of nitrogens with zero attached hydrogens (tertiary/aromatic N) is 2. The maximum absolute atomic E-state index is 11.4. The molecule has 1 saturated heterocycles. The van der Waals surface area contributed by atoms with Gasteiger partial charge in [0.1, 0.15) is 0 Å². The highest BCUT2D eigenvalue weighted by atomic mass is 16.2. The highest BCUT2D eigenvalue weighted by Crippen LogP contribution is 2.12. The average molecular weight is 232 g/mol. The zero-order valence-corrected chi connectivity index (χ0v) is 10.6. The Morgan fingerprint density at radius 1 is 1.29 bits per heavy atom. The molecule has 3 nitrogen and oxygen atoms in total. The van der Waals surface area contributed by atoms with Gasteiger partial charge in [-0.05, 0) is 12.5 Å². The second-order valence-corrected chi connectivity index (χ2v) is 4.78. The van der Waals surface area contributed by atoms with E-state index < -0.39 is 0 Å². The molecule has 0 radical (unpaired) electrons. The summed E-state index contributed by atoms with van der Waals surface area (Å²) in [6.45, 7) is 7.55. The fourth-order valence-electron chi connectivity index (χ4n) is 2.49.